The second-order valence-corrected chi connectivity index (χ2v) is 7.48. The maximum absolute atomic E-state index is 12.6. The molecule has 0 aliphatic carbocycles. The molecule has 0 spiro atoms. The molecule has 1 aliphatic heterocycles. The fourth-order valence-electron chi connectivity index (χ4n) is 3.71. The summed E-state index contributed by atoms with van der Waals surface area (Å²) in [6, 6.07) is 13.8. The molecule has 28 heavy (non-hydrogen) atoms. The predicted molar refractivity (Wildman–Crippen MR) is 115 cm³/mol. The zero-order chi connectivity index (χ0) is 20.1. The molecule has 1 fully saturated rings. The van der Waals surface area contributed by atoms with Crippen LogP contribution >= 0.6 is 0 Å². The minimum Gasteiger partial charge on any atom is -0.372 e. The zero-order valence-corrected chi connectivity index (χ0v) is 17.0. The van der Waals surface area contributed by atoms with E-state index < -0.39 is 0 Å². The smallest absolute Gasteiger partial charge is 0.244 e. The first-order chi connectivity index (χ1) is 13.5. The van der Waals surface area contributed by atoms with Crippen LogP contribution in [0.25, 0.3) is 0 Å². The number of hydrogen-bond donors (Lipinski definition) is 1. The van der Waals surface area contributed by atoms with Gasteiger partial charge in [-0.2, -0.15) is 0 Å². The highest BCUT2D eigenvalue weighted by Crippen LogP contribution is 2.24. The lowest BCUT2D eigenvalue weighted by Crippen LogP contribution is -2.37. The summed E-state index contributed by atoms with van der Waals surface area (Å²) in [5.41, 5.74) is 4.75. The van der Waals surface area contributed by atoms with Gasteiger partial charge in [0.25, 0.3) is 0 Å². The van der Waals surface area contributed by atoms with Crippen LogP contribution in [0.4, 0.5) is 17.1 Å². The Hall–Kier alpha value is -2.82. The third kappa shape index (κ3) is 4.71. The Morgan fingerprint density at radius 3 is 2.14 bits per heavy atom. The molecule has 148 valence electrons. The number of amides is 2. The first-order valence-corrected chi connectivity index (χ1v) is 9.95. The average molecular weight is 380 g/mol. The fraction of sp³-hybridized carbons (Fsp3) is 0.391. The quantitative estimate of drug-likeness (QED) is 0.843. The number of rotatable bonds is 5. The van der Waals surface area contributed by atoms with Crippen molar-refractivity contribution in [2.75, 3.05) is 34.8 Å². The van der Waals surface area contributed by atoms with Gasteiger partial charge in [0.05, 0.1) is 0 Å². The van der Waals surface area contributed by atoms with Crippen molar-refractivity contribution < 1.29 is 9.59 Å². The molecule has 5 nitrogen and oxygen atoms in total. The van der Waals surface area contributed by atoms with E-state index in [1.165, 1.54) is 36.8 Å². The summed E-state index contributed by atoms with van der Waals surface area (Å²) in [5.74, 6) is -0.352. The minimum atomic E-state index is -0.201. The molecule has 2 aromatic rings. The fourth-order valence-corrected chi connectivity index (χ4v) is 3.71. The van der Waals surface area contributed by atoms with Crippen molar-refractivity contribution in [2.24, 2.45) is 0 Å². The maximum atomic E-state index is 12.6. The van der Waals surface area contributed by atoms with E-state index >= 15 is 0 Å². The number of piperidine rings is 1. The first kappa shape index (κ1) is 19.9. The van der Waals surface area contributed by atoms with E-state index in [4.69, 9.17) is 0 Å². The molecule has 1 saturated heterocycles. The van der Waals surface area contributed by atoms with Gasteiger partial charge < -0.3 is 15.1 Å². The predicted octanol–water partition coefficient (Wildman–Crippen LogP) is 4.29. The van der Waals surface area contributed by atoms with Gasteiger partial charge in [0.1, 0.15) is 6.54 Å². The van der Waals surface area contributed by atoms with E-state index in [-0.39, 0.29) is 18.4 Å². The molecule has 0 unspecified atom stereocenters. The largest absolute Gasteiger partial charge is 0.372 e. The molecule has 0 radical (unpaired) electrons. The normalized spacial score (nSPS) is 13.9. The monoisotopic (exact) mass is 379 g/mol. The van der Waals surface area contributed by atoms with Crippen LogP contribution in [0.5, 0.6) is 0 Å². The lowest BCUT2D eigenvalue weighted by Gasteiger charge is -2.29. The summed E-state index contributed by atoms with van der Waals surface area (Å²) in [4.78, 5) is 28.7. The second kappa shape index (κ2) is 8.91. The number of aryl methyl sites for hydroxylation is 2. The van der Waals surface area contributed by atoms with Crippen molar-refractivity contribution in [1.82, 2.24) is 0 Å². The number of carbonyl (C=O) groups is 2. The van der Waals surface area contributed by atoms with Gasteiger partial charge in [-0.3, -0.25) is 9.59 Å². The van der Waals surface area contributed by atoms with Crippen molar-refractivity contribution in [3.8, 4) is 0 Å². The molecule has 3 rings (SSSR count). The van der Waals surface area contributed by atoms with Gasteiger partial charge in [-0.15, -0.1) is 0 Å². The Bertz CT molecular complexity index is 819. The highest BCUT2D eigenvalue weighted by atomic mass is 16.2. The number of nitrogens with one attached hydrogen (secondary N) is 1. The van der Waals surface area contributed by atoms with Crippen LogP contribution in [-0.2, 0) is 9.59 Å². The summed E-state index contributed by atoms with van der Waals surface area (Å²) in [5, 5.41) is 2.96. The van der Waals surface area contributed by atoms with E-state index in [0.29, 0.717) is 0 Å². The van der Waals surface area contributed by atoms with Gasteiger partial charge in [0.2, 0.25) is 11.8 Å². The van der Waals surface area contributed by atoms with Crippen molar-refractivity contribution >= 4 is 28.9 Å². The van der Waals surface area contributed by atoms with E-state index in [9.17, 15) is 9.59 Å². The molecule has 0 atom stereocenters. The Morgan fingerprint density at radius 1 is 0.964 bits per heavy atom. The highest BCUT2D eigenvalue weighted by Gasteiger charge is 2.18. The third-order valence-corrected chi connectivity index (χ3v) is 5.31. The van der Waals surface area contributed by atoms with E-state index in [0.717, 1.165) is 35.6 Å². The van der Waals surface area contributed by atoms with Crippen molar-refractivity contribution in [2.45, 2.75) is 40.0 Å². The first-order valence-electron chi connectivity index (χ1n) is 9.95. The van der Waals surface area contributed by atoms with Crippen LogP contribution in [-0.4, -0.2) is 31.4 Å². The second-order valence-electron chi connectivity index (χ2n) is 7.48. The molecular formula is C23H29N3O2. The van der Waals surface area contributed by atoms with E-state index in [1.54, 1.807) is 0 Å². The zero-order valence-electron chi connectivity index (χ0n) is 17.0. The Labute approximate surface area is 167 Å². The van der Waals surface area contributed by atoms with Crippen LogP contribution in [0.2, 0.25) is 0 Å². The number of nitrogens with zero attached hydrogens (tertiary/aromatic N) is 2. The number of benzene rings is 2. The van der Waals surface area contributed by atoms with Crippen LogP contribution in [0.3, 0.4) is 0 Å². The topological polar surface area (TPSA) is 52.7 Å². The standard InChI is InChI=1S/C23H29N3O2/c1-17-8-7-9-18(2)23(17)24-22(28)16-26(19(3)27)21-12-10-20(11-13-21)25-14-5-4-6-15-25/h7-13H,4-6,14-16H2,1-3H3,(H,24,28). The van der Waals surface area contributed by atoms with Crippen LogP contribution in [0, 0.1) is 13.8 Å². The minimum absolute atomic E-state index is 0.00777. The number of para-hydroxylation sites is 1. The van der Waals surface area contributed by atoms with Gasteiger partial charge in [-0.05, 0) is 68.5 Å². The summed E-state index contributed by atoms with van der Waals surface area (Å²) in [6.45, 7) is 7.56. The van der Waals surface area contributed by atoms with Crippen LogP contribution in [0.15, 0.2) is 42.5 Å². The molecule has 2 aromatic carbocycles. The van der Waals surface area contributed by atoms with Gasteiger partial charge in [-0.25, -0.2) is 0 Å². The molecule has 1 aliphatic rings. The third-order valence-electron chi connectivity index (χ3n) is 5.31. The van der Waals surface area contributed by atoms with Gasteiger partial charge in [0.15, 0.2) is 0 Å². The van der Waals surface area contributed by atoms with Gasteiger partial charge in [-0.1, -0.05) is 18.2 Å². The maximum Gasteiger partial charge on any atom is 0.244 e. The van der Waals surface area contributed by atoms with Crippen molar-refractivity contribution in [3.05, 3.63) is 53.6 Å². The van der Waals surface area contributed by atoms with Crippen molar-refractivity contribution in [3.63, 3.8) is 0 Å². The molecule has 1 heterocycles. The van der Waals surface area contributed by atoms with Crippen LogP contribution in [0.1, 0.15) is 37.3 Å². The summed E-state index contributed by atoms with van der Waals surface area (Å²) in [6.07, 6.45) is 3.74. The molecule has 5 heteroatoms. The molecule has 1 N–H and O–H groups in total. The van der Waals surface area contributed by atoms with E-state index in [1.807, 2.05) is 56.3 Å². The lowest BCUT2D eigenvalue weighted by atomic mass is 10.1. The van der Waals surface area contributed by atoms with Crippen LogP contribution < -0.4 is 15.1 Å². The summed E-state index contributed by atoms with van der Waals surface area (Å²) in [7, 11) is 0. The summed E-state index contributed by atoms with van der Waals surface area (Å²) < 4.78 is 0. The summed E-state index contributed by atoms with van der Waals surface area (Å²) >= 11 is 0. The molecule has 2 amide bonds. The number of anilines is 3. The highest BCUT2D eigenvalue weighted by molar-refractivity contribution is 6.02. The Morgan fingerprint density at radius 2 is 1.57 bits per heavy atom. The molecular weight excluding hydrogens is 350 g/mol. The van der Waals surface area contributed by atoms with Crippen molar-refractivity contribution in [1.29, 1.82) is 0 Å². The molecule has 0 bridgehead atoms. The Kier molecular flexibility index (Phi) is 6.34. The molecule has 0 saturated carbocycles. The number of hydrogen-bond acceptors (Lipinski definition) is 3. The number of carbonyl (C=O) groups excluding carboxylic acids is 2. The average Bonchev–Trinajstić information content (AvgIpc) is 2.70. The SMILES string of the molecule is CC(=O)N(CC(=O)Nc1c(C)cccc1C)c1ccc(N2CCCCC2)cc1. The van der Waals surface area contributed by atoms with E-state index in [2.05, 4.69) is 10.2 Å². The lowest BCUT2D eigenvalue weighted by molar-refractivity contribution is -0.120. The Balaban J connectivity index is 1.71. The molecule has 0 aromatic heterocycles. The van der Waals surface area contributed by atoms with Gasteiger partial charge >= 0.3 is 0 Å². The van der Waals surface area contributed by atoms with Gasteiger partial charge in [0, 0.05) is 37.1 Å².